The summed E-state index contributed by atoms with van der Waals surface area (Å²) >= 11 is 7.83. The third kappa shape index (κ3) is 3.49. The minimum Gasteiger partial charge on any atom is -0.346 e. The fourth-order valence-electron chi connectivity index (χ4n) is 2.73. The predicted octanol–water partition coefficient (Wildman–Crippen LogP) is 3.89. The van der Waals surface area contributed by atoms with Crippen LogP contribution in [0.15, 0.2) is 29.2 Å². The molecule has 0 fully saturated rings. The van der Waals surface area contributed by atoms with Crippen LogP contribution in [0.25, 0.3) is 6.08 Å². The first-order valence-corrected chi connectivity index (χ1v) is 8.92. The first kappa shape index (κ1) is 17.0. The third-order valence-electron chi connectivity index (χ3n) is 3.93. The zero-order valence-corrected chi connectivity index (χ0v) is 14.9. The number of rotatable bonds is 3. The van der Waals surface area contributed by atoms with Crippen LogP contribution in [0.2, 0.25) is 5.15 Å². The normalized spacial score (nSPS) is 17.1. The first-order valence-electron chi connectivity index (χ1n) is 7.55. The Balaban J connectivity index is 1.74. The number of nitrogens with one attached hydrogen (secondary N) is 1. The number of thioether (sulfide) groups is 1. The molecule has 0 saturated carbocycles. The summed E-state index contributed by atoms with van der Waals surface area (Å²) in [6.07, 6.45) is 3.87. The van der Waals surface area contributed by atoms with E-state index in [9.17, 15) is 9.18 Å². The average Bonchev–Trinajstić information content (AvgIpc) is 2.79. The molecule has 126 valence electrons. The number of amides is 1. The Hall–Kier alpha value is -1.79. The number of hydrogen-bond donors (Lipinski definition) is 1. The number of nitrogens with zero attached hydrogens (tertiary/aromatic N) is 2. The van der Waals surface area contributed by atoms with Gasteiger partial charge in [-0.25, -0.2) is 4.39 Å². The van der Waals surface area contributed by atoms with Crippen molar-refractivity contribution in [3.05, 3.63) is 52.1 Å². The lowest BCUT2D eigenvalue weighted by molar-refractivity contribution is -0.117. The molecule has 1 aliphatic rings. The van der Waals surface area contributed by atoms with Gasteiger partial charge in [-0.15, -0.1) is 11.8 Å². The molecular formula is C17H17ClFN3OS. The van der Waals surface area contributed by atoms with Gasteiger partial charge in [-0.1, -0.05) is 11.6 Å². The Morgan fingerprint density at radius 2 is 2.33 bits per heavy atom. The summed E-state index contributed by atoms with van der Waals surface area (Å²) in [6, 6.07) is 4.53. The molecular weight excluding hydrogens is 349 g/mol. The van der Waals surface area contributed by atoms with Crippen LogP contribution in [0.1, 0.15) is 29.3 Å². The topological polar surface area (TPSA) is 46.9 Å². The van der Waals surface area contributed by atoms with Gasteiger partial charge in [-0.2, -0.15) is 5.10 Å². The van der Waals surface area contributed by atoms with Crippen molar-refractivity contribution < 1.29 is 9.18 Å². The molecule has 3 rings (SSSR count). The van der Waals surface area contributed by atoms with Crippen LogP contribution in [-0.4, -0.2) is 21.4 Å². The number of carbonyl (C=O) groups excluding carboxylic acids is 1. The average molecular weight is 366 g/mol. The highest BCUT2D eigenvalue weighted by Crippen LogP contribution is 2.36. The molecule has 7 heteroatoms. The molecule has 2 aromatic rings. The minimum atomic E-state index is -0.288. The Bertz CT molecular complexity index is 818. The van der Waals surface area contributed by atoms with E-state index in [1.165, 1.54) is 18.2 Å². The van der Waals surface area contributed by atoms with E-state index in [1.807, 2.05) is 6.92 Å². The standard InChI is InChI=1S/C17H17ClFN3OS/c1-10-12(17(18)22(2)21-10)4-6-16(23)20-14-7-8-24-15-5-3-11(19)9-13(14)15/h3-6,9,14H,7-8H2,1-2H3,(H,20,23)/b6-4+. The van der Waals surface area contributed by atoms with Crippen molar-refractivity contribution in [2.45, 2.75) is 24.3 Å². The molecule has 1 unspecified atom stereocenters. The fourth-order valence-corrected chi connectivity index (χ4v) is 4.07. The first-order chi connectivity index (χ1) is 11.5. The van der Waals surface area contributed by atoms with Crippen molar-refractivity contribution in [1.82, 2.24) is 15.1 Å². The van der Waals surface area contributed by atoms with Crippen LogP contribution in [0, 0.1) is 12.7 Å². The Kier molecular flexibility index (Phi) is 4.96. The summed E-state index contributed by atoms with van der Waals surface area (Å²) < 4.78 is 15.1. The van der Waals surface area contributed by atoms with Gasteiger partial charge in [0.05, 0.1) is 11.7 Å². The van der Waals surface area contributed by atoms with E-state index in [4.69, 9.17) is 11.6 Å². The second kappa shape index (κ2) is 6.99. The monoisotopic (exact) mass is 365 g/mol. The quantitative estimate of drug-likeness (QED) is 0.839. The van der Waals surface area contributed by atoms with E-state index in [0.717, 1.165) is 33.9 Å². The summed E-state index contributed by atoms with van der Waals surface area (Å²) in [5.74, 6) is 0.367. The third-order valence-corrected chi connectivity index (χ3v) is 5.50. The van der Waals surface area contributed by atoms with Crippen LogP contribution in [0.3, 0.4) is 0 Å². The molecule has 2 heterocycles. The number of fused-ring (bicyclic) bond motifs is 1. The van der Waals surface area contributed by atoms with Gasteiger partial charge in [-0.3, -0.25) is 9.48 Å². The highest BCUT2D eigenvalue weighted by atomic mass is 35.5. The van der Waals surface area contributed by atoms with Gasteiger partial charge in [0, 0.05) is 29.3 Å². The number of hydrogen-bond acceptors (Lipinski definition) is 3. The van der Waals surface area contributed by atoms with Crippen molar-refractivity contribution in [1.29, 1.82) is 0 Å². The lowest BCUT2D eigenvalue weighted by Gasteiger charge is -2.25. The largest absolute Gasteiger partial charge is 0.346 e. The lowest BCUT2D eigenvalue weighted by atomic mass is 10.0. The summed E-state index contributed by atoms with van der Waals surface area (Å²) in [7, 11) is 1.75. The number of carbonyl (C=O) groups is 1. The fraction of sp³-hybridized carbons (Fsp3) is 0.294. The highest BCUT2D eigenvalue weighted by molar-refractivity contribution is 7.99. The molecule has 1 atom stereocenters. The van der Waals surface area contributed by atoms with Gasteiger partial charge in [-0.05, 0) is 43.2 Å². The predicted molar refractivity (Wildman–Crippen MR) is 94.6 cm³/mol. The van der Waals surface area contributed by atoms with Gasteiger partial charge in [0.1, 0.15) is 11.0 Å². The second-order valence-corrected chi connectivity index (χ2v) is 7.12. The number of aryl methyl sites for hydroxylation is 2. The van der Waals surface area contributed by atoms with Crippen molar-refractivity contribution >= 4 is 35.3 Å². The van der Waals surface area contributed by atoms with Crippen LogP contribution in [0.4, 0.5) is 4.39 Å². The molecule has 1 aromatic heterocycles. The molecule has 1 aliphatic heterocycles. The summed E-state index contributed by atoms with van der Waals surface area (Å²) in [5.41, 5.74) is 2.32. The second-order valence-electron chi connectivity index (χ2n) is 5.63. The van der Waals surface area contributed by atoms with Crippen molar-refractivity contribution in [2.75, 3.05) is 5.75 Å². The highest BCUT2D eigenvalue weighted by Gasteiger charge is 2.22. The molecule has 4 nitrogen and oxygen atoms in total. The smallest absolute Gasteiger partial charge is 0.244 e. The maximum atomic E-state index is 13.5. The van der Waals surface area contributed by atoms with Gasteiger partial charge < -0.3 is 5.32 Å². The zero-order chi connectivity index (χ0) is 17.3. The SMILES string of the molecule is Cc1nn(C)c(Cl)c1/C=C/C(=O)NC1CCSc2ccc(F)cc21. The van der Waals surface area contributed by atoms with E-state index in [2.05, 4.69) is 10.4 Å². The van der Waals surface area contributed by atoms with Crippen LogP contribution < -0.4 is 5.32 Å². The van der Waals surface area contributed by atoms with Crippen LogP contribution in [0.5, 0.6) is 0 Å². The molecule has 1 amide bonds. The molecule has 0 saturated heterocycles. The Morgan fingerprint density at radius 1 is 1.54 bits per heavy atom. The molecule has 0 bridgehead atoms. The van der Waals surface area contributed by atoms with Crippen molar-refractivity contribution in [3.63, 3.8) is 0 Å². The number of halogens is 2. The van der Waals surface area contributed by atoms with E-state index >= 15 is 0 Å². The van der Waals surface area contributed by atoms with E-state index in [-0.39, 0.29) is 17.8 Å². The van der Waals surface area contributed by atoms with E-state index in [0.29, 0.717) is 5.15 Å². The molecule has 0 aliphatic carbocycles. The molecule has 1 N–H and O–H groups in total. The number of benzene rings is 1. The lowest BCUT2D eigenvalue weighted by Crippen LogP contribution is -2.29. The molecule has 1 aromatic carbocycles. The van der Waals surface area contributed by atoms with Crippen LogP contribution >= 0.6 is 23.4 Å². The maximum absolute atomic E-state index is 13.5. The molecule has 0 radical (unpaired) electrons. The van der Waals surface area contributed by atoms with Crippen LogP contribution in [-0.2, 0) is 11.8 Å². The zero-order valence-electron chi connectivity index (χ0n) is 13.3. The van der Waals surface area contributed by atoms with E-state index in [1.54, 1.807) is 35.6 Å². The summed E-state index contributed by atoms with van der Waals surface area (Å²) in [4.78, 5) is 13.3. The maximum Gasteiger partial charge on any atom is 0.244 e. The van der Waals surface area contributed by atoms with Gasteiger partial charge in [0.2, 0.25) is 5.91 Å². The van der Waals surface area contributed by atoms with Crippen molar-refractivity contribution in [2.24, 2.45) is 7.05 Å². The summed E-state index contributed by atoms with van der Waals surface area (Å²) in [6.45, 7) is 1.83. The van der Waals surface area contributed by atoms with Gasteiger partial charge in [0.25, 0.3) is 0 Å². The summed E-state index contributed by atoms with van der Waals surface area (Å²) in [5, 5.41) is 7.63. The number of aromatic nitrogens is 2. The Labute approximate surface area is 149 Å². The molecule has 0 spiro atoms. The molecule has 24 heavy (non-hydrogen) atoms. The van der Waals surface area contributed by atoms with E-state index < -0.39 is 0 Å². The van der Waals surface area contributed by atoms with Gasteiger partial charge in [0.15, 0.2) is 0 Å². The van der Waals surface area contributed by atoms with Gasteiger partial charge >= 0.3 is 0 Å². The minimum absolute atomic E-state index is 0.181. The van der Waals surface area contributed by atoms with Crippen molar-refractivity contribution in [3.8, 4) is 0 Å². The Morgan fingerprint density at radius 3 is 3.04 bits per heavy atom.